The molecule has 0 N–H and O–H groups in total. The van der Waals surface area contributed by atoms with Gasteiger partial charge in [-0.15, -0.1) is 0 Å². The molecule has 0 atom stereocenters. The number of pyridine rings is 2. The highest BCUT2D eigenvalue weighted by Crippen LogP contribution is 2.25. The van der Waals surface area contributed by atoms with Crippen LogP contribution >= 0.6 is 0 Å². The molecule has 70 valence electrons. The molecular formula is C11H10N2O. The summed E-state index contributed by atoms with van der Waals surface area (Å²) in [5.41, 5.74) is 1.79. The first-order valence-corrected chi connectivity index (χ1v) is 4.31. The van der Waals surface area contributed by atoms with Crippen molar-refractivity contribution in [3.8, 4) is 17.0 Å². The molecule has 0 aliphatic heterocycles. The second kappa shape index (κ2) is 3.87. The number of hydrogen-bond donors (Lipinski definition) is 0. The summed E-state index contributed by atoms with van der Waals surface area (Å²) < 4.78 is 5.21. The molecule has 0 aromatic carbocycles. The number of aromatic nitrogens is 2. The number of rotatable bonds is 2. The minimum absolute atomic E-state index is 0.764. The number of ether oxygens (including phenoxy) is 1. The van der Waals surface area contributed by atoms with Crippen LogP contribution in [-0.4, -0.2) is 17.1 Å². The third kappa shape index (κ3) is 1.57. The Morgan fingerprint density at radius 3 is 2.71 bits per heavy atom. The molecule has 3 nitrogen and oxygen atoms in total. The van der Waals surface area contributed by atoms with Gasteiger partial charge in [-0.25, -0.2) is 0 Å². The fraction of sp³-hybridized carbons (Fsp3) is 0.0909. The Morgan fingerprint density at radius 1 is 1.14 bits per heavy atom. The molecule has 0 aliphatic rings. The maximum absolute atomic E-state index is 5.21. The highest BCUT2D eigenvalue weighted by Gasteiger charge is 2.04. The van der Waals surface area contributed by atoms with E-state index in [1.807, 2.05) is 24.3 Å². The quantitative estimate of drug-likeness (QED) is 0.720. The molecule has 0 radical (unpaired) electrons. The monoisotopic (exact) mass is 186 g/mol. The highest BCUT2D eigenvalue weighted by atomic mass is 16.5. The second-order valence-electron chi connectivity index (χ2n) is 2.80. The summed E-state index contributed by atoms with van der Waals surface area (Å²) >= 11 is 0. The molecule has 0 aliphatic carbocycles. The first-order valence-electron chi connectivity index (χ1n) is 4.31. The van der Waals surface area contributed by atoms with Crippen LogP contribution in [0.1, 0.15) is 0 Å². The SMILES string of the molecule is COc1cccnc1-c1cccnc1. The van der Waals surface area contributed by atoms with Crippen LogP contribution in [0.15, 0.2) is 42.9 Å². The van der Waals surface area contributed by atoms with Crippen LogP contribution in [0.2, 0.25) is 0 Å². The van der Waals surface area contributed by atoms with Gasteiger partial charge in [-0.1, -0.05) is 0 Å². The molecule has 0 spiro atoms. The van der Waals surface area contributed by atoms with Crippen LogP contribution in [0.25, 0.3) is 11.3 Å². The van der Waals surface area contributed by atoms with Gasteiger partial charge in [-0.3, -0.25) is 9.97 Å². The Bertz CT molecular complexity index is 415. The molecule has 2 heterocycles. The molecule has 2 aromatic rings. The first kappa shape index (κ1) is 8.69. The lowest BCUT2D eigenvalue weighted by Gasteiger charge is -2.05. The summed E-state index contributed by atoms with van der Waals surface area (Å²) in [6, 6.07) is 7.56. The lowest BCUT2D eigenvalue weighted by molar-refractivity contribution is 0.415. The van der Waals surface area contributed by atoms with Crippen LogP contribution in [0.3, 0.4) is 0 Å². The molecule has 2 rings (SSSR count). The standard InChI is InChI=1S/C11H10N2O/c1-14-10-5-3-7-13-11(10)9-4-2-6-12-8-9/h2-8H,1H3. The normalized spacial score (nSPS) is 9.79. The summed E-state index contributed by atoms with van der Waals surface area (Å²) in [5, 5.41) is 0. The van der Waals surface area contributed by atoms with Crippen LogP contribution in [0.4, 0.5) is 0 Å². The van der Waals surface area contributed by atoms with E-state index in [9.17, 15) is 0 Å². The van der Waals surface area contributed by atoms with E-state index in [0.29, 0.717) is 0 Å². The van der Waals surface area contributed by atoms with Crippen molar-refractivity contribution in [2.24, 2.45) is 0 Å². The van der Waals surface area contributed by atoms with Crippen LogP contribution in [0.5, 0.6) is 5.75 Å². The summed E-state index contributed by atoms with van der Waals surface area (Å²) in [5.74, 6) is 0.764. The molecule has 0 amide bonds. The number of methoxy groups -OCH3 is 1. The molecule has 3 heteroatoms. The van der Waals surface area contributed by atoms with Crippen LogP contribution in [0, 0.1) is 0 Å². The van der Waals surface area contributed by atoms with Gasteiger partial charge in [0.2, 0.25) is 0 Å². The number of nitrogens with zero attached hydrogens (tertiary/aromatic N) is 2. The van der Waals surface area contributed by atoms with E-state index in [-0.39, 0.29) is 0 Å². The molecule has 0 saturated heterocycles. The zero-order chi connectivity index (χ0) is 9.80. The topological polar surface area (TPSA) is 35.0 Å². The van der Waals surface area contributed by atoms with Gasteiger partial charge in [-0.05, 0) is 24.3 Å². The van der Waals surface area contributed by atoms with Crippen LogP contribution in [-0.2, 0) is 0 Å². The Morgan fingerprint density at radius 2 is 2.00 bits per heavy atom. The predicted octanol–water partition coefficient (Wildman–Crippen LogP) is 2.15. The molecule has 14 heavy (non-hydrogen) atoms. The van der Waals surface area contributed by atoms with Gasteiger partial charge in [0.25, 0.3) is 0 Å². The Balaban J connectivity index is 2.51. The van der Waals surface area contributed by atoms with E-state index in [1.54, 1.807) is 25.7 Å². The zero-order valence-electron chi connectivity index (χ0n) is 7.84. The van der Waals surface area contributed by atoms with Crippen molar-refractivity contribution in [1.29, 1.82) is 0 Å². The van der Waals surface area contributed by atoms with E-state index < -0.39 is 0 Å². The average molecular weight is 186 g/mol. The summed E-state index contributed by atoms with van der Waals surface area (Å²) in [6.07, 6.45) is 5.24. The van der Waals surface area contributed by atoms with E-state index in [0.717, 1.165) is 17.0 Å². The van der Waals surface area contributed by atoms with Gasteiger partial charge in [0.15, 0.2) is 0 Å². The predicted molar refractivity (Wildman–Crippen MR) is 54.0 cm³/mol. The second-order valence-corrected chi connectivity index (χ2v) is 2.80. The van der Waals surface area contributed by atoms with Gasteiger partial charge in [0.05, 0.1) is 7.11 Å². The van der Waals surface area contributed by atoms with Gasteiger partial charge >= 0.3 is 0 Å². The third-order valence-electron chi connectivity index (χ3n) is 1.93. The molecular weight excluding hydrogens is 176 g/mol. The Hall–Kier alpha value is -1.90. The Labute approximate surface area is 82.4 Å². The van der Waals surface area contributed by atoms with Crippen molar-refractivity contribution in [2.75, 3.05) is 7.11 Å². The van der Waals surface area contributed by atoms with Crippen molar-refractivity contribution in [3.05, 3.63) is 42.9 Å². The van der Waals surface area contributed by atoms with Crippen molar-refractivity contribution in [3.63, 3.8) is 0 Å². The molecule has 0 unspecified atom stereocenters. The van der Waals surface area contributed by atoms with E-state index in [2.05, 4.69) is 9.97 Å². The fourth-order valence-corrected chi connectivity index (χ4v) is 1.27. The maximum Gasteiger partial charge on any atom is 0.145 e. The van der Waals surface area contributed by atoms with E-state index >= 15 is 0 Å². The average Bonchev–Trinajstić information content (AvgIpc) is 2.30. The molecule has 0 saturated carbocycles. The lowest BCUT2D eigenvalue weighted by Crippen LogP contribution is -1.90. The summed E-state index contributed by atoms with van der Waals surface area (Å²) in [4.78, 5) is 8.30. The highest BCUT2D eigenvalue weighted by molar-refractivity contribution is 5.64. The Kier molecular flexibility index (Phi) is 2.40. The van der Waals surface area contributed by atoms with Gasteiger partial charge < -0.3 is 4.74 Å². The van der Waals surface area contributed by atoms with Crippen LogP contribution < -0.4 is 4.74 Å². The van der Waals surface area contributed by atoms with E-state index in [4.69, 9.17) is 4.74 Å². The first-order chi connectivity index (χ1) is 6.92. The van der Waals surface area contributed by atoms with Crippen molar-refractivity contribution >= 4 is 0 Å². The molecule has 2 aromatic heterocycles. The van der Waals surface area contributed by atoms with Gasteiger partial charge in [0, 0.05) is 24.2 Å². The van der Waals surface area contributed by atoms with Crippen molar-refractivity contribution < 1.29 is 4.74 Å². The van der Waals surface area contributed by atoms with E-state index in [1.165, 1.54) is 0 Å². The van der Waals surface area contributed by atoms with Crippen molar-refractivity contribution in [1.82, 2.24) is 9.97 Å². The summed E-state index contributed by atoms with van der Waals surface area (Å²) in [6.45, 7) is 0. The minimum atomic E-state index is 0.764. The van der Waals surface area contributed by atoms with Crippen molar-refractivity contribution in [2.45, 2.75) is 0 Å². The molecule has 0 bridgehead atoms. The maximum atomic E-state index is 5.21. The smallest absolute Gasteiger partial charge is 0.145 e. The van der Waals surface area contributed by atoms with Gasteiger partial charge in [-0.2, -0.15) is 0 Å². The zero-order valence-corrected chi connectivity index (χ0v) is 7.84. The third-order valence-corrected chi connectivity index (χ3v) is 1.93. The summed E-state index contributed by atoms with van der Waals surface area (Å²) in [7, 11) is 1.64. The largest absolute Gasteiger partial charge is 0.494 e. The number of hydrogen-bond acceptors (Lipinski definition) is 3. The minimum Gasteiger partial charge on any atom is -0.494 e. The molecule has 0 fully saturated rings. The lowest BCUT2D eigenvalue weighted by atomic mass is 10.2. The van der Waals surface area contributed by atoms with Gasteiger partial charge in [0.1, 0.15) is 11.4 Å². The fourth-order valence-electron chi connectivity index (χ4n) is 1.27.